The van der Waals surface area contributed by atoms with Crippen molar-refractivity contribution in [2.45, 2.75) is 30.8 Å². The van der Waals surface area contributed by atoms with E-state index in [9.17, 15) is 4.79 Å². The first-order chi connectivity index (χ1) is 11.6. The predicted molar refractivity (Wildman–Crippen MR) is 94.0 cm³/mol. The van der Waals surface area contributed by atoms with Crippen molar-refractivity contribution in [1.29, 1.82) is 0 Å². The van der Waals surface area contributed by atoms with Gasteiger partial charge in [-0.2, -0.15) is 4.98 Å². The van der Waals surface area contributed by atoms with Crippen molar-refractivity contribution in [2.75, 3.05) is 5.75 Å². The quantitative estimate of drug-likeness (QED) is 0.666. The third-order valence-corrected chi connectivity index (χ3v) is 5.15. The van der Waals surface area contributed by atoms with E-state index in [1.165, 1.54) is 0 Å². The molecule has 1 aromatic carbocycles. The summed E-state index contributed by atoms with van der Waals surface area (Å²) in [7, 11) is 0. The number of hydrogen-bond donors (Lipinski definition) is 0. The van der Waals surface area contributed by atoms with E-state index in [0.29, 0.717) is 27.9 Å². The molecule has 122 valence electrons. The van der Waals surface area contributed by atoms with E-state index in [2.05, 4.69) is 22.0 Å². The largest absolute Gasteiger partial charge is 0.294 e. The van der Waals surface area contributed by atoms with Gasteiger partial charge in [0.15, 0.2) is 5.78 Å². The average Bonchev–Trinajstić information content (AvgIpc) is 2.95. The Hall–Kier alpha value is -1.92. The molecule has 4 rings (SSSR count). The molecule has 0 bridgehead atoms. The van der Waals surface area contributed by atoms with Crippen molar-refractivity contribution in [1.82, 2.24) is 19.6 Å². The van der Waals surface area contributed by atoms with Crippen LogP contribution in [0.3, 0.4) is 0 Å². The molecule has 1 aliphatic carbocycles. The maximum atomic E-state index is 12.6. The summed E-state index contributed by atoms with van der Waals surface area (Å²) < 4.78 is 1.61. The average molecular weight is 359 g/mol. The van der Waals surface area contributed by atoms with Gasteiger partial charge in [0.1, 0.15) is 0 Å². The molecule has 24 heavy (non-hydrogen) atoms. The molecule has 0 aliphatic heterocycles. The van der Waals surface area contributed by atoms with Crippen molar-refractivity contribution in [3.63, 3.8) is 0 Å². The molecule has 0 spiro atoms. The Bertz CT molecular complexity index is 922. The molecule has 2 aromatic heterocycles. The standard InChI is InChI=1S/C17H15ClN4OS/c1-2-24-17-20-16-19-14-7-11(10-3-5-12(18)6-4-10)8-15(23)13(14)9-22(16)21-17/h3-6,9,11H,2,7-8H2,1H3/t11-/m0/s1. The minimum Gasteiger partial charge on any atom is -0.294 e. The second-order valence-corrected chi connectivity index (χ2v) is 7.42. The Morgan fingerprint density at radius 1 is 1.25 bits per heavy atom. The second kappa shape index (κ2) is 6.18. The zero-order chi connectivity index (χ0) is 16.7. The lowest BCUT2D eigenvalue weighted by Gasteiger charge is -2.23. The lowest BCUT2D eigenvalue weighted by Crippen LogP contribution is -2.21. The monoisotopic (exact) mass is 358 g/mol. The van der Waals surface area contributed by atoms with Gasteiger partial charge in [0.25, 0.3) is 5.78 Å². The molecule has 1 aliphatic rings. The van der Waals surface area contributed by atoms with Gasteiger partial charge >= 0.3 is 0 Å². The zero-order valence-electron chi connectivity index (χ0n) is 13.1. The van der Waals surface area contributed by atoms with Gasteiger partial charge < -0.3 is 0 Å². The molecule has 7 heteroatoms. The molecule has 0 radical (unpaired) electrons. The molecular weight excluding hydrogens is 344 g/mol. The third-order valence-electron chi connectivity index (χ3n) is 4.18. The fourth-order valence-electron chi connectivity index (χ4n) is 3.03. The van der Waals surface area contributed by atoms with Gasteiger partial charge in [0, 0.05) is 17.6 Å². The number of thioether (sulfide) groups is 1. The minimum absolute atomic E-state index is 0.103. The molecule has 2 heterocycles. The lowest BCUT2D eigenvalue weighted by atomic mass is 9.82. The molecule has 5 nitrogen and oxygen atoms in total. The van der Waals surface area contributed by atoms with Crippen LogP contribution in [0.25, 0.3) is 5.78 Å². The number of carbonyl (C=O) groups is 1. The normalized spacial score (nSPS) is 17.2. The van der Waals surface area contributed by atoms with Crippen molar-refractivity contribution in [3.05, 3.63) is 52.3 Å². The van der Waals surface area contributed by atoms with E-state index in [-0.39, 0.29) is 11.7 Å². The van der Waals surface area contributed by atoms with Crippen molar-refractivity contribution >= 4 is 34.9 Å². The van der Waals surface area contributed by atoms with Gasteiger partial charge in [-0.3, -0.25) is 4.79 Å². The molecule has 0 amide bonds. The van der Waals surface area contributed by atoms with Crippen molar-refractivity contribution < 1.29 is 4.79 Å². The number of Topliss-reactive ketones (excluding diaryl/α,β-unsaturated/α-hetero) is 1. The lowest BCUT2D eigenvalue weighted by molar-refractivity contribution is 0.0962. The maximum absolute atomic E-state index is 12.6. The van der Waals surface area contributed by atoms with E-state index < -0.39 is 0 Å². The Morgan fingerprint density at radius 3 is 2.79 bits per heavy atom. The summed E-state index contributed by atoms with van der Waals surface area (Å²) in [5, 5.41) is 5.76. The van der Waals surface area contributed by atoms with Crippen LogP contribution in [0.4, 0.5) is 0 Å². The van der Waals surface area contributed by atoms with Crippen LogP contribution in [-0.2, 0) is 6.42 Å². The van der Waals surface area contributed by atoms with Crippen LogP contribution in [0.5, 0.6) is 0 Å². The number of benzene rings is 1. The number of carbonyl (C=O) groups excluding carboxylic acids is 1. The first-order valence-corrected chi connectivity index (χ1v) is 9.18. The van der Waals surface area contributed by atoms with Crippen molar-refractivity contribution in [2.24, 2.45) is 0 Å². The highest BCUT2D eigenvalue weighted by molar-refractivity contribution is 7.99. The number of aromatic nitrogens is 4. The summed E-state index contributed by atoms with van der Waals surface area (Å²) in [6.45, 7) is 2.05. The van der Waals surface area contributed by atoms with Gasteiger partial charge in [-0.1, -0.05) is 42.4 Å². The highest BCUT2D eigenvalue weighted by Gasteiger charge is 2.28. The Morgan fingerprint density at radius 2 is 2.04 bits per heavy atom. The highest BCUT2D eigenvalue weighted by atomic mass is 35.5. The van der Waals surface area contributed by atoms with E-state index in [0.717, 1.165) is 23.4 Å². The maximum Gasteiger partial charge on any atom is 0.253 e. The number of fused-ring (bicyclic) bond motifs is 2. The van der Waals surface area contributed by atoms with Crippen LogP contribution < -0.4 is 0 Å². The molecule has 1 atom stereocenters. The minimum atomic E-state index is 0.103. The Labute approximate surface area is 148 Å². The summed E-state index contributed by atoms with van der Waals surface area (Å²) >= 11 is 7.52. The molecule has 0 fully saturated rings. The van der Waals surface area contributed by atoms with Crippen LogP contribution in [0.15, 0.2) is 35.6 Å². The fraction of sp³-hybridized carbons (Fsp3) is 0.294. The van der Waals surface area contributed by atoms with Gasteiger partial charge in [-0.15, -0.1) is 5.10 Å². The van der Waals surface area contributed by atoms with Crippen LogP contribution in [0.2, 0.25) is 5.02 Å². The zero-order valence-corrected chi connectivity index (χ0v) is 14.6. The number of nitrogens with zero attached hydrogens (tertiary/aromatic N) is 4. The van der Waals surface area contributed by atoms with Gasteiger partial charge in [-0.05, 0) is 35.8 Å². The Balaban J connectivity index is 1.72. The predicted octanol–water partition coefficient (Wildman–Crippen LogP) is 3.80. The molecule has 0 saturated heterocycles. The first-order valence-electron chi connectivity index (χ1n) is 7.82. The topological polar surface area (TPSA) is 60.1 Å². The van der Waals surface area contributed by atoms with E-state index in [1.54, 1.807) is 22.5 Å². The van der Waals surface area contributed by atoms with Gasteiger partial charge in [0.05, 0.1) is 11.3 Å². The highest BCUT2D eigenvalue weighted by Crippen LogP contribution is 2.32. The van der Waals surface area contributed by atoms with Crippen molar-refractivity contribution in [3.8, 4) is 0 Å². The third kappa shape index (κ3) is 2.80. The molecule has 0 N–H and O–H groups in total. The summed E-state index contributed by atoms with van der Waals surface area (Å²) in [6, 6.07) is 7.69. The van der Waals surface area contributed by atoms with Crippen LogP contribution >= 0.6 is 23.4 Å². The SMILES string of the molecule is CCSc1nc2nc3c(cn2n1)C(=O)C[C@@H](c1ccc(Cl)cc1)C3. The summed E-state index contributed by atoms with van der Waals surface area (Å²) in [6.07, 6.45) is 2.97. The smallest absolute Gasteiger partial charge is 0.253 e. The number of halogens is 1. The van der Waals surface area contributed by atoms with E-state index >= 15 is 0 Å². The second-order valence-electron chi connectivity index (χ2n) is 5.75. The van der Waals surface area contributed by atoms with Gasteiger partial charge in [-0.25, -0.2) is 9.50 Å². The number of ketones is 1. The van der Waals surface area contributed by atoms with Gasteiger partial charge in [0.2, 0.25) is 5.16 Å². The van der Waals surface area contributed by atoms with E-state index in [1.807, 2.05) is 24.3 Å². The summed E-state index contributed by atoms with van der Waals surface area (Å²) in [4.78, 5) is 21.6. The summed E-state index contributed by atoms with van der Waals surface area (Å²) in [5.41, 5.74) is 2.58. The number of rotatable bonds is 3. The molecule has 3 aromatic rings. The van der Waals surface area contributed by atoms with Crippen LogP contribution in [0.1, 0.15) is 40.9 Å². The fourth-order valence-corrected chi connectivity index (χ4v) is 3.70. The van der Waals surface area contributed by atoms with Crippen LogP contribution in [0, 0.1) is 0 Å². The van der Waals surface area contributed by atoms with E-state index in [4.69, 9.17) is 11.6 Å². The first kappa shape index (κ1) is 15.6. The molecule has 0 saturated carbocycles. The Kier molecular flexibility index (Phi) is 4.02. The van der Waals surface area contributed by atoms with Crippen LogP contribution in [-0.4, -0.2) is 31.1 Å². The molecule has 0 unspecified atom stereocenters. The summed E-state index contributed by atoms with van der Waals surface area (Å²) in [5.74, 6) is 1.68. The number of hydrogen-bond acceptors (Lipinski definition) is 5. The molecular formula is C17H15ClN4OS.